The second kappa shape index (κ2) is 12.8. The van der Waals surface area contributed by atoms with Crippen molar-refractivity contribution in [1.82, 2.24) is 4.49 Å². The molecule has 0 unspecified atom stereocenters. The quantitative estimate of drug-likeness (QED) is 0.149. The molecule has 3 aliphatic rings. The molecule has 1 heterocycles. The van der Waals surface area contributed by atoms with Gasteiger partial charge in [0.25, 0.3) is 10.0 Å². The molecule has 0 fully saturated rings. The van der Waals surface area contributed by atoms with Crippen LogP contribution >= 0.6 is 7.75 Å². The summed E-state index contributed by atoms with van der Waals surface area (Å²) in [5.74, 6) is -15.8. The Morgan fingerprint density at radius 2 is 0.981 bits per heavy atom. The first-order valence-electron chi connectivity index (χ1n) is 16.5. The fraction of sp³-hybridized carbons (Fsp3) is 0.333. The van der Waals surface area contributed by atoms with Crippen LogP contribution in [0.2, 0.25) is 0 Å². The maximum Gasteiger partial charge on any atom is 0.526 e. The number of sulfonamides is 1. The number of fused-ring (bicyclic) bond motifs is 7. The van der Waals surface area contributed by atoms with Crippen LogP contribution in [0.25, 0.3) is 33.4 Å². The molecule has 1 N–H and O–H groups in total. The SMILES string of the molecule is O=P1(NS(=O)(=O)C(F)(F)C(F)(F)C(F)(F)C(F)(F)F)Oc2c(-c3ccccc3)cc3c(c2-c2c4c(cc(-c5ccccc5)c2O1)CCCC4)CCCC3. The van der Waals surface area contributed by atoms with Crippen molar-refractivity contribution in [2.45, 2.75) is 74.6 Å². The predicted octanol–water partition coefficient (Wildman–Crippen LogP) is 10.7. The van der Waals surface area contributed by atoms with Crippen molar-refractivity contribution in [3.8, 4) is 44.9 Å². The van der Waals surface area contributed by atoms with Crippen molar-refractivity contribution in [3.63, 3.8) is 0 Å². The highest BCUT2D eigenvalue weighted by Crippen LogP contribution is 2.63. The fourth-order valence-electron chi connectivity index (χ4n) is 7.18. The monoisotopic (exact) mass is 789 g/mol. The van der Waals surface area contributed by atoms with Gasteiger partial charge in [0, 0.05) is 22.3 Å². The Hall–Kier alpha value is -4.01. The summed E-state index contributed by atoms with van der Waals surface area (Å²) in [6.45, 7) is 0. The number of alkyl halides is 9. The van der Waals surface area contributed by atoms with Gasteiger partial charge in [-0.3, -0.25) is 0 Å². The van der Waals surface area contributed by atoms with Crippen molar-refractivity contribution in [1.29, 1.82) is 0 Å². The van der Waals surface area contributed by atoms with Gasteiger partial charge in [-0.1, -0.05) is 65.2 Å². The molecular formula is C36H29F9NO5PS. The van der Waals surface area contributed by atoms with E-state index < -0.39 is 41.0 Å². The lowest BCUT2D eigenvalue weighted by Crippen LogP contribution is -2.64. The highest BCUT2D eigenvalue weighted by Gasteiger charge is 2.85. The second-order valence-electron chi connectivity index (χ2n) is 13.1. The highest BCUT2D eigenvalue weighted by atomic mass is 32.2. The van der Waals surface area contributed by atoms with Crippen LogP contribution in [0.4, 0.5) is 39.5 Å². The van der Waals surface area contributed by atoms with Gasteiger partial charge in [-0.05, 0) is 96.9 Å². The minimum atomic E-state index is -7.59. The van der Waals surface area contributed by atoms with E-state index >= 15 is 8.78 Å². The number of rotatable bonds is 7. The zero-order chi connectivity index (χ0) is 38.2. The topological polar surface area (TPSA) is 81.7 Å². The molecule has 1 aliphatic heterocycles. The number of aryl methyl sites for hydroxylation is 2. The molecule has 0 radical (unpaired) electrons. The van der Waals surface area contributed by atoms with E-state index in [-0.39, 0.29) is 22.6 Å². The molecular weight excluding hydrogens is 760 g/mol. The summed E-state index contributed by atoms with van der Waals surface area (Å²) in [6, 6.07) is 19.8. The third-order valence-electron chi connectivity index (χ3n) is 9.73. The van der Waals surface area contributed by atoms with E-state index in [0.717, 1.165) is 28.5 Å². The van der Waals surface area contributed by atoms with E-state index in [9.17, 15) is 43.7 Å². The van der Waals surface area contributed by atoms with Gasteiger partial charge in [0.2, 0.25) is 0 Å². The summed E-state index contributed by atoms with van der Waals surface area (Å²) in [5, 5.41) is -7.21. The standard InChI is InChI=1S/C36H29F9NO5PS/c37-33(38,35(41,42)43)34(39,40)36(44,45)53(48,49)46-52(47)50-31-27(21-11-3-1-4-12-21)19-23-15-7-9-17-25(23)29(31)30-26-18-10-8-16-24(26)20-28(32(30)51-52)22-13-5-2-6-14-22/h1-6,11-14,19-20H,7-10,15-18H2,(H,46,47). The molecule has 4 aromatic rings. The maximum absolute atomic E-state index is 15.1. The van der Waals surface area contributed by atoms with Gasteiger partial charge in [-0.2, -0.15) is 39.5 Å². The summed E-state index contributed by atoms with van der Waals surface area (Å²) in [5.41, 5.74) is 4.87. The molecule has 4 aromatic carbocycles. The minimum absolute atomic E-state index is 0.187. The van der Waals surface area contributed by atoms with E-state index in [1.54, 1.807) is 72.8 Å². The molecule has 7 rings (SSSR count). The summed E-state index contributed by atoms with van der Waals surface area (Å²) in [6.07, 6.45) is -2.33. The van der Waals surface area contributed by atoms with Gasteiger partial charge in [-0.15, -0.1) is 0 Å². The Morgan fingerprint density at radius 3 is 1.38 bits per heavy atom. The van der Waals surface area contributed by atoms with Crippen molar-refractivity contribution in [2.75, 3.05) is 0 Å². The molecule has 0 bridgehead atoms. The Morgan fingerprint density at radius 1 is 0.585 bits per heavy atom. The number of nitrogens with one attached hydrogen (secondary N) is 1. The number of benzene rings is 4. The first kappa shape index (κ1) is 37.3. The smallest absolute Gasteiger partial charge is 0.403 e. The Balaban J connectivity index is 1.54. The van der Waals surface area contributed by atoms with Gasteiger partial charge in [0.15, 0.2) is 0 Å². The maximum atomic E-state index is 15.1. The van der Waals surface area contributed by atoms with E-state index in [2.05, 4.69) is 0 Å². The Labute approximate surface area is 298 Å². The van der Waals surface area contributed by atoms with Crippen LogP contribution in [0.15, 0.2) is 72.8 Å². The molecule has 6 nitrogen and oxygen atoms in total. The second-order valence-corrected chi connectivity index (χ2v) is 16.7. The van der Waals surface area contributed by atoms with Crippen LogP contribution in [-0.2, 0) is 40.3 Å². The van der Waals surface area contributed by atoms with Gasteiger partial charge in [-0.25, -0.2) is 13.0 Å². The van der Waals surface area contributed by atoms with Gasteiger partial charge < -0.3 is 9.05 Å². The molecule has 2 aliphatic carbocycles. The molecule has 0 spiro atoms. The number of halogens is 9. The fourth-order valence-corrected chi connectivity index (χ4v) is 10.5. The van der Waals surface area contributed by atoms with Gasteiger partial charge in [0.1, 0.15) is 11.5 Å². The van der Waals surface area contributed by atoms with Crippen molar-refractivity contribution >= 4 is 17.8 Å². The van der Waals surface area contributed by atoms with Gasteiger partial charge in [0.05, 0.1) is 0 Å². The largest absolute Gasteiger partial charge is 0.526 e. The molecule has 53 heavy (non-hydrogen) atoms. The first-order chi connectivity index (χ1) is 24.8. The number of hydrogen-bond donors (Lipinski definition) is 1. The van der Waals surface area contributed by atoms with E-state index in [0.29, 0.717) is 71.9 Å². The lowest BCUT2D eigenvalue weighted by Gasteiger charge is -2.33. The molecule has 0 aromatic heterocycles. The average molecular weight is 790 g/mol. The Kier molecular flexibility index (Phi) is 9.01. The number of hydrogen-bond acceptors (Lipinski definition) is 5. The van der Waals surface area contributed by atoms with Gasteiger partial charge >= 0.3 is 31.0 Å². The highest BCUT2D eigenvalue weighted by molar-refractivity contribution is 7.95. The normalized spacial score (nSPS) is 17.3. The lowest BCUT2D eigenvalue weighted by molar-refractivity contribution is -0.382. The van der Waals surface area contributed by atoms with E-state index in [1.807, 2.05) is 0 Å². The summed E-state index contributed by atoms with van der Waals surface area (Å²) >= 11 is 0. The molecule has 17 heteroatoms. The van der Waals surface area contributed by atoms with E-state index in [1.165, 1.54) is 0 Å². The van der Waals surface area contributed by atoms with Crippen molar-refractivity contribution in [3.05, 3.63) is 95.1 Å². The van der Waals surface area contributed by atoms with E-state index in [4.69, 9.17) is 9.05 Å². The summed E-state index contributed by atoms with van der Waals surface area (Å²) in [4.78, 5) is 0. The zero-order valence-electron chi connectivity index (χ0n) is 27.4. The first-order valence-corrected chi connectivity index (χ1v) is 19.5. The minimum Gasteiger partial charge on any atom is -0.403 e. The Bertz CT molecular complexity index is 2130. The van der Waals surface area contributed by atoms with Crippen LogP contribution in [0, 0.1) is 0 Å². The predicted molar refractivity (Wildman–Crippen MR) is 178 cm³/mol. The van der Waals surface area contributed by atoms with Crippen LogP contribution in [-0.4, -0.2) is 31.7 Å². The van der Waals surface area contributed by atoms with Crippen LogP contribution in [0.5, 0.6) is 11.5 Å². The zero-order valence-corrected chi connectivity index (χ0v) is 29.1. The molecule has 0 saturated carbocycles. The third-order valence-corrected chi connectivity index (χ3v) is 13.4. The van der Waals surface area contributed by atoms with Crippen LogP contribution in [0.3, 0.4) is 0 Å². The summed E-state index contributed by atoms with van der Waals surface area (Å²) < 4.78 is 179. The summed E-state index contributed by atoms with van der Waals surface area (Å²) in [7, 11) is -13.5. The van der Waals surface area contributed by atoms with Crippen LogP contribution in [0.1, 0.15) is 47.9 Å². The third kappa shape index (κ3) is 6.01. The molecule has 0 amide bonds. The van der Waals surface area contributed by atoms with Crippen molar-refractivity contribution in [2.24, 2.45) is 0 Å². The molecule has 0 atom stereocenters. The molecule has 282 valence electrons. The van der Waals surface area contributed by atoms with Crippen molar-refractivity contribution < 1.29 is 61.5 Å². The lowest BCUT2D eigenvalue weighted by atomic mass is 9.77. The molecule has 0 saturated heterocycles. The average Bonchev–Trinajstić information content (AvgIpc) is 3.24. The van der Waals surface area contributed by atoms with Crippen LogP contribution < -0.4 is 13.5 Å².